The molecule has 4 heterocycles. The van der Waals surface area contributed by atoms with Crippen LogP contribution in [0.2, 0.25) is 0 Å². The smallest absolute Gasteiger partial charge is 0.267 e. The van der Waals surface area contributed by atoms with Gasteiger partial charge in [-0.3, -0.25) is 18.9 Å². The van der Waals surface area contributed by atoms with Crippen LogP contribution in [0.15, 0.2) is 55.1 Å². The normalized spacial score (nSPS) is 11.0. The van der Waals surface area contributed by atoms with E-state index >= 15 is 0 Å². The molecule has 0 saturated carbocycles. The molecule has 0 spiro atoms. The van der Waals surface area contributed by atoms with E-state index in [0.717, 1.165) is 22.5 Å². The highest BCUT2D eigenvalue weighted by Crippen LogP contribution is 2.29. The molecule has 4 aromatic rings. The molecular formula is C17H14N6O. The fraction of sp³-hybridized carbons (Fsp3) is 0.0588. The van der Waals surface area contributed by atoms with E-state index in [1.807, 2.05) is 49.8 Å². The molecular weight excluding hydrogens is 304 g/mol. The number of primary amides is 1. The summed E-state index contributed by atoms with van der Waals surface area (Å²) in [5.41, 5.74) is 9.78. The van der Waals surface area contributed by atoms with Gasteiger partial charge in [-0.15, -0.1) is 0 Å². The summed E-state index contributed by atoms with van der Waals surface area (Å²) in [5.74, 6) is -0.523. The van der Waals surface area contributed by atoms with E-state index in [4.69, 9.17) is 5.73 Å². The third-order valence-corrected chi connectivity index (χ3v) is 3.83. The lowest BCUT2D eigenvalue weighted by Crippen LogP contribution is -2.13. The maximum atomic E-state index is 11.5. The minimum atomic E-state index is -0.523. The molecule has 118 valence electrons. The van der Waals surface area contributed by atoms with Gasteiger partial charge in [0.15, 0.2) is 0 Å². The fourth-order valence-electron chi connectivity index (χ4n) is 2.70. The molecule has 24 heavy (non-hydrogen) atoms. The zero-order valence-corrected chi connectivity index (χ0v) is 12.9. The molecule has 0 saturated heterocycles. The number of pyridine rings is 2. The van der Waals surface area contributed by atoms with Gasteiger partial charge in [-0.25, -0.2) is 4.98 Å². The Morgan fingerprint density at radius 3 is 2.79 bits per heavy atom. The number of imidazole rings is 1. The van der Waals surface area contributed by atoms with Crippen LogP contribution < -0.4 is 5.73 Å². The Kier molecular flexibility index (Phi) is 3.13. The minimum absolute atomic E-state index is 0.335. The highest BCUT2D eigenvalue weighted by molar-refractivity contribution is 5.92. The van der Waals surface area contributed by atoms with E-state index in [-0.39, 0.29) is 0 Å². The lowest BCUT2D eigenvalue weighted by atomic mass is 10.1. The number of nitrogens with zero attached hydrogens (tertiary/aromatic N) is 5. The number of hydrogen-bond donors (Lipinski definition) is 1. The van der Waals surface area contributed by atoms with Crippen LogP contribution >= 0.6 is 0 Å². The van der Waals surface area contributed by atoms with Gasteiger partial charge in [-0.05, 0) is 30.3 Å². The third-order valence-electron chi connectivity index (χ3n) is 3.83. The van der Waals surface area contributed by atoms with Crippen molar-refractivity contribution in [1.29, 1.82) is 0 Å². The lowest BCUT2D eigenvalue weighted by molar-refractivity contribution is 0.0995. The van der Waals surface area contributed by atoms with E-state index in [9.17, 15) is 4.79 Å². The van der Waals surface area contributed by atoms with Crippen molar-refractivity contribution in [2.75, 3.05) is 0 Å². The molecule has 1 amide bonds. The predicted octanol–water partition coefficient (Wildman–Crippen LogP) is 1.90. The van der Waals surface area contributed by atoms with Gasteiger partial charge in [-0.2, -0.15) is 5.10 Å². The molecule has 0 unspecified atom stereocenters. The van der Waals surface area contributed by atoms with Gasteiger partial charge >= 0.3 is 0 Å². The zero-order chi connectivity index (χ0) is 16.7. The summed E-state index contributed by atoms with van der Waals surface area (Å²) in [6, 6.07) is 9.53. The first kappa shape index (κ1) is 14.1. The Bertz CT molecular complexity index is 1060. The van der Waals surface area contributed by atoms with Crippen molar-refractivity contribution < 1.29 is 4.79 Å². The van der Waals surface area contributed by atoms with E-state index < -0.39 is 5.91 Å². The molecule has 0 fully saturated rings. The molecule has 4 rings (SSSR count). The summed E-state index contributed by atoms with van der Waals surface area (Å²) in [7, 11) is 1.87. The van der Waals surface area contributed by atoms with Crippen LogP contribution in [0.5, 0.6) is 0 Å². The fourth-order valence-corrected chi connectivity index (χ4v) is 2.70. The first-order chi connectivity index (χ1) is 11.6. The Labute approximate surface area is 137 Å². The quantitative estimate of drug-likeness (QED) is 0.624. The van der Waals surface area contributed by atoms with Crippen LogP contribution in [0.4, 0.5) is 0 Å². The van der Waals surface area contributed by atoms with Crippen LogP contribution in [-0.4, -0.2) is 30.1 Å². The van der Waals surface area contributed by atoms with Crippen LogP contribution in [0, 0.1) is 0 Å². The van der Waals surface area contributed by atoms with Gasteiger partial charge < -0.3 is 5.73 Å². The summed E-state index contributed by atoms with van der Waals surface area (Å²) in [6.45, 7) is 0. The van der Waals surface area contributed by atoms with Crippen LogP contribution in [0.3, 0.4) is 0 Å². The first-order valence-corrected chi connectivity index (χ1v) is 7.36. The third kappa shape index (κ3) is 2.23. The Morgan fingerprint density at radius 2 is 2.04 bits per heavy atom. The van der Waals surface area contributed by atoms with E-state index in [1.165, 1.54) is 6.20 Å². The van der Waals surface area contributed by atoms with Crippen molar-refractivity contribution >= 4 is 11.6 Å². The topological polar surface area (TPSA) is 91.1 Å². The standard InChI is InChI=1S/C17H14N6O/c1-22-8-6-13(21-22)12-3-2-7-19-16(12)11-4-5-15-20-9-14(17(18)24)23(15)10-11/h2-10H,1H3,(H2,18,24). The molecule has 0 aliphatic heterocycles. The van der Waals surface area contributed by atoms with Gasteiger partial charge in [0, 0.05) is 36.8 Å². The molecule has 2 N–H and O–H groups in total. The van der Waals surface area contributed by atoms with Gasteiger partial charge in [0.1, 0.15) is 11.3 Å². The van der Waals surface area contributed by atoms with Crippen molar-refractivity contribution in [3.05, 3.63) is 60.8 Å². The Balaban J connectivity index is 1.92. The number of nitrogens with two attached hydrogens (primary N) is 1. The van der Waals surface area contributed by atoms with Crippen molar-refractivity contribution in [3.8, 4) is 22.5 Å². The number of aromatic nitrogens is 5. The largest absolute Gasteiger partial charge is 0.364 e. The van der Waals surface area contributed by atoms with E-state index in [1.54, 1.807) is 15.3 Å². The summed E-state index contributed by atoms with van der Waals surface area (Å²) in [4.78, 5) is 20.2. The molecule has 0 aromatic carbocycles. The Morgan fingerprint density at radius 1 is 1.17 bits per heavy atom. The number of rotatable bonds is 3. The summed E-state index contributed by atoms with van der Waals surface area (Å²) < 4.78 is 3.42. The van der Waals surface area contributed by atoms with E-state index in [2.05, 4.69) is 15.1 Å². The molecule has 4 aromatic heterocycles. The second-order valence-electron chi connectivity index (χ2n) is 5.43. The maximum Gasteiger partial charge on any atom is 0.267 e. The molecule has 7 heteroatoms. The van der Waals surface area contributed by atoms with Crippen molar-refractivity contribution in [2.24, 2.45) is 12.8 Å². The number of carbonyl (C=O) groups is 1. The minimum Gasteiger partial charge on any atom is -0.364 e. The average molecular weight is 318 g/mol. The highest BCUT2D eigenvalue weighted by atomic mass is 16.1. The molecule has 0 atom stereocenters. The van der Waals surface area contributed by atoms with Crippen molar-refractivity contribution in [3.63, 3.8) is 0 Å². The number of hydrogen-bond acceptors (Lipinski definition) is 4. The predicted molar refractivity (Wildman–Crippen MR) is 89.1 cm³/mol. The van der Waals surface area contributed by atoms with Gasteiger partial charge in [-0.1, -0.05) is 0 Å². The van der Waals surface area contributed by atoms with Crippen LogP contribution in [-0.2, 0) is 7.05 Å². The second-order valence-corrected chi connectivity index (χ2v) is 5.43. The van der Waals surface area contributed by atoms with Gasteiger partial charge in [0.2, 0.25) is 0 Å². The molecule has 0 radical (unpaired) electrons. The molecule has 7 nitrogen and oxygen atoms in total. The number of amides is 1. The second kappa shape index (κ2) is 5.31. The van der Waals surface area contributed by atoms with Crippen LogP contribution in [0.1, 0.15) is 10.5 Å². The molecule has 0 aliphatic rings. The number of fused-ring (bicyclic) bond motifs is 1. The summed E-state index contributed by atoms with van der Waals surface area (Å²) in [6.07, 6.45) is 6.90. The van der Waals surface area contributed by atoms with Crippen LogP contribution in [0.25, 0.3) is 28.2 Å². The van der Waals surface area contributed by atoms with Crippen molar-refractivity contribution in [2.45, 2.75) is 0 Å². The van der Waals surface area contributed by atoms with E-state index in [0.29, 0.717) is 11.3 Å². The number of carbonyl (C=O) groups excluding carboxylic acids is 1. The average Bonchev–Trinajstić information content (AvgIpc) is 3.20. The summed E-state index contributed by atoms with van der Waals surface area (Å²) >= 11 is 0. The molecule has 0 bridgehead atoms. The number of aryl methyl sites for hydroxylation is 1. The van der Waals surface area contributed by atoms with Gasteiger partial charge in [0.25, 0.3) is 5.91 Å². The monoisotopic (exact) mass is 318 g/mol. The Hall–Kier alpha value is -3.48. The summed E-state index contributed by atoms with van der Waals surface area (Å²) in [5, 5.41) is 4.45. The zero-order valence-electron chi connectivity index (χ0n) is 12.9. The molecule has 0 aliphatic carbocycles. The SMILES string of the molecule is Cn1ccc(-c2cccnc2-c2ccc3ncc(C(N)=O)n3c2)n1. The van der Waals surface area contributed by atoms with Gasteiger partial charge in [0.05, 0.1) is 17.6 Å². The maximum absolute atomic E-state index is 11.5. The first-order valence-electron chi connectivity index (χ1n) is 7.36. The lowest BCUT2D eigenvalue weighted by Gasteiger charge is -2.08. The van der Waals surface area contributed by atoms with Crippen molar-refractivity contribution in [1.82, 2.24) is 24.1 Å². The highest BCUT2D eigenvalue weighted by Gasteiger charge is 2.14.